The van der Waals surface area contributed by atoms with Crippen LogP contribution >= 0.6 is 11.3 Å². The number of hydrogen-bond donors (Lipinski definition) is 2. The van der Waals surface area contributed by atoms with E-state index in [-0.39, 0.29) is 63.7 Å². The first kappa shape index (κ1) is 29.3. The van der Waals surface area contributed by atoms with Gasteiger partial charge >= 0.3 is 12.2 Å². The molecule has 3 N–H and O–H groups in total. The number of ether oxygens (including phenoxy) is 2. The van der Waals surface area contributed by atoms with Crippen LogP contribution in [0.3, 0.4) is 0 Å². The summed E-state index contributed by atoms with van der Waals surface area (Å²) in [5, 5.41) is 2.77. The van der Waals surface area contributed by atoms with Gasteiger partial charge in [-0.3, -0.25) is 4.90 Å². The largest absolute Gasteiger partial charge is 0.472 e. The number of thiazole rings is 1. The van der Waals surface area contributed by atoms with Crippen molar-refractivity contribution in [1.29, 1.82) is 0 Å². The molecule has 0 aliphatic carbocycles. The van der Waals surface area contributed by atoms with Gasteiger partial charge in [0.1, 0.15) is 30.2 Å². The molecule has 0 spiro atoms. The summed E-state index contributed by atoms with van der Waals surface area (Å²) in [6, 6.07) is 2.43. The number of alkyl halides is 4. The maximum atomic E-state index is 16.6. The summed E-state index contributed by atoms with van der Waals surface area (Å²) >= 11 is 0.745. The van der Waals surface area contributed by atoms with Gasteiger partial charge in [0, 0.05) is 43.1 Å². The minimum Gasteiger partial charge on any atom is -0.472 e. The zero-order valence-corrected chi connectivity index (χ0v) is 24.3. The van der Waals surface area contributed by atoms with E-state index in [4.69, 9.17) is 15.2 Å². The lowest BCUT2D eigenvalue weighted by Gasteiger charge is -2.30. The Balaban J connectivity index is 1.41. The summed E-state index contributed by atoms with van der Waals surface area (Å²) < 4.78 is 101. The number of nitrogens with one attached hydrogen (secondary N) is 1. The standard InChI is InChI=1S/C29H28F6N6O2S/c1-13-9-37-10-19(13)43-25-16-7-17(29(33,34)35)20(15-3-4-18(31)24-23(15)38-26(36)44-24)21(32)22(16)39-27(40-25)42-12-28-5-2-6-41(28)11-14(30)8-28/h3-4,7,13-14,19,37H,2,5-6,8-12H2,1H3,(H2,36,38)/t13-,14-,19?,28+/m1/s1. The molecule has 234 valence electrons. The third-order valence-corrected chi connectivity index (χ3v) is 9.80. The molecule has 0 amide bonds. The van der Waals surface area contributed by atoms with Crippen LogP contribution in [0.15, 0.2) is 18.2 Å². The Labute approximate surface area is 251 Å². The Morgan fingerprint density at radius 1 is 1.16 bits per heavy atom. The van der Waals surface area contributed by atoms with Crippen LogP contribution in [0.25, 0.3) is 32.2 Å². The van der Waals surface area contributed by atoms with Crippen LogP contribution in [0.5, 0.6) is 11.9 Å². The fourth-order valence-electron chi connectivity index (χ4n) is 6.75. The Morgan fingerprint density at radius 2 is 1.98 bits per heavy atom. The van der Waals surface area contributed by atoms with Gasteiger partial charge < -0.3 is 20.5 Å². The molecular formula is C29H28F6N6O2S. The fraction of sp³-hybridized carbons (Fsp3) is 0.483. The number of halogens is 6. The zero-order chi connectivity index (χ0) is 31.0. The molecule has 4 atom stereocenters. The normalized spacial score (nSPS) is 25.8. The minimum atomic E-state index is -5.03. The molecule has 2 aromatic carbocycles. The van der Waals surface area contributed by atoms with Gasteiger partial charge in [-0.05, 0) is 37.6 Å². The molecule has 0 saturated carbocycles. The summed E-state index contributed by atoms with van der Waals surface area (Å²) in [5.41, 5.74) is 2.03. The van der Waals surface area contributed by atoms with Gasteiger partial charge in [0.2, 0.25) is 5.88 Å². The van der Waals surface area contributed by atoms with E-state index in [2.05, 4.69) is 20.3 Å². The third-order valence-electron chi connectivity index (χ3n) is 8.90. The molecule has 5 heterocycles. The average molecular weight is 639 g/mol. The highest BCUT2D eigenvalue weighted by atomic mass is 32.1. The first-order valence-electron chi connectivity index (χ1n) is 14.3. The highest BCUT2D eigenvalue weighted by Crippen LogP contribution is 2.46. The van der Waals surface area contributed by atoms with Crippen LogP contribution in [0.4, 0.5) is 31.5 Å². The van der Waals surface area contributed by atoms with E-state index in [1.807, 2.05) is 11.8 Å². The molecule has 3 aliphatic rings. The van der Waals surface area contributed by atoms with Crippen LogP contribution in [-0.2, 0) is 6.18 Å². The first-order chi connectivity index (χ1) is 20.9. The van der Waals surface area contributed by atoms with Crippen molar-refractivity contribution in [1.82, 2.24) is 25.2 Å². The van der Waals surface area contributed by atoms with Gasteiger partial charge in [0.15, 0.2) is 10.9 Å². The maximum Gasteiger partial charge on any atom is 0.417 e. The van der Waals surface area contributed by atoms with E-state index in [0.29, 0.717) is 19.5 Å². The monoisotopic (exact) mass is 638 g/mol. The molecule has 3 saturated heterocycles. The second-order valence-electron chi connectivity index (χ2n) is 11.8. The molecule has 2 aromatic heterocycles. The fourth-order valence-corrected chi connectivity index (χ4v) is 7.51. The summed E-state index contributed by atoms with van der Waals surface area (Å²) in [4.78, 5) is 14.6. The molecule has 7 rings (SSSR count). The predicted octanol–water partition coefficient (Wildman–Crippen LogP) is 5.73. The lowest BCUT2D eigenvalue weighted by molar-refractivity contribution is -0.137. The number of nitrogens with two attached hydrogens (primary N) is 1. The van der Waals surface area contributed by atoms with Crippen LogP contribution in [0.2, 0.25) is 0 Å². The molecule has 8 nitrogen and oxygen atoms in total. The quantitative estimate of drug-likeness (QED) is 0.259. The number of anilines is 1. The van der Waals surface area contributed by atoms with Crippen LogP contribution in [0, 0.1) is 17.6 Å². The number of nitrogens with zero attached hydrogens (tertiary/aromatic N) is 4. The molecule has 15 heteroatoms. The molecule has 3 aliphatic heterocycles. The Bertz CT molecular complexity index is 1770. The topological polar surface area (TPSA) is 98.4 Å². The van der Waals surface area contributed by atoms with Crippen LogP contribution in [-0.4, -0.2) is 70.5 Å². The Kier molecular flexibility index (Phi) is 7.05. The number of aromatic nitrogens is 3. The zero-order valence-electron chi connectivity index (χ0n) is 23.5. The van der Waals surface area contributed by atoms with Crippen LogP contribution in [0.1, 0.15) is 31.7 Å². The molecule has 44 heavy (non-hydrogen) atoms. The second-order valence-corrected chi connectivity index (χ2v) is 12.8. The SMILES string of the molecule is C[C@@H]1CNCC1Oc1nc(OC[C@@]23CCCN2C[C@H](F)C3)nc2c(F)c(-c3ccc(F)c4sc(N)nc34)c(C(F)(F)F)cc12. The third kappa shape index (κ3) is 4.88. The molecular weight excluding hydrogens is 610 g/mol. The average Bonchev–Trinajstić information content (AvgIpc) is 3.72. The van der Waals surface area contributed by atoms with Gasteiger partial charge in [-0.15, -0.1) is 0 Å². The minimum absolute atomic E-state index is 0.0101. The van der Waals surface area contributed by atoms with Gasteiger partial charge in [-0.2, -0.15) is 23.1 Å². The van der Waals surface area contributed by atoms with Gasteiger partial charge in [0.25, 0.3) is 0 Å². The smallest absolute Gasteiger partial charge is 0.417 e. The van der Waals surface area contributed by atoms with Gasteiger partial charge in [-0.25, -0.2) is 18.2 Å². The van der Waals surface area contributed by atoms with E-state index in [0.717, 1.165) is 42.5 Å². The van der Waals surface area contributed by atoms with Crippen molar-refractivity contribution < 1.29 is 35.8 Å². The van der Waals surface area contributed by atoms with Crippen LogP contribution < -0.4 is 20.5 Å². The lowest BCUT2D eigenvalue weighted by Crippen LogP contribution is -2.43. The first-order valence-corrected chi connectivity index (χ1v) is 15.1. The van der Waals surface area contributed by atoms with Crippen molar-refractivity contribution in [3.63, 3.8) is 0 Å². The number of fused-ring (bicyclic) bond motifs is 3. The molecule has 4 aromatic rings. The highest BCUT2D eigenvalue weighted by Gasteiger charge is 2.49. The van der Waals surface area contributed by atoms with E-state index in [9.17, 15) is 22.0 Å². The van der Waals surface area contributed by atoms with Crippen molar-refractivity contribution in [3.8, 4) is 23.0 Å². The molecule has 1 unspecified atom stereocenters. The van der Waals surface area contributed by atoms with E-state index in [1.165, 1.54) is 0 Å². The number of rotatable bonds is 6. The van der Waals surface area contributed by atoms with Crippen molar-refractivity contribution in [2.45, 2.75) is 50.2 Å². The number of nitrogen functional groups attached to an aromatic ring is 1. The number of benzene rings is 2. The van der Waals surface area contributed by atoms with E-state index < -0.39 is 52.3 Å². The van der Waals surface area contributed by atoms with E-state index in [1.54, 1.807) is 0 Å². The van der Waals surface area contributed by atoms with Crippen molar-refractivity contribution in [2.24, 2.45) is 5.92 Å². The highest BCUT2D eigenvalue weighted by molar-refractivity contribution is 7.22. The van der Waals surface area contributed by atoms with Gasteiger partial charge in [-0.1, -0.05) is 18.3 Å². The molecule has 0 bridgehead atoms. The van der Waals surface area contributed by atoms with Crippen molar-refractivity contribution in [2.75, 3.05) is 38.5 Å². The maximum absolute atomic E-state index is 16.6. The summed E-state index contributed by atoms with van der Waals surface area (Å²) in [5.74, 6) is -2.35. The summed E-state index contributed by atoms with van der Waals surface area (Å²) in [7, 11) is 0. The predicted molar refractivity (Wildman–Crippen MR) is 152 cm³/mol. The summed E-state index contributed by atoms with van der Waals surface area (Å²) in [6.45, 7) is 3.95. The number of hydrogen-bond acceptors (Lipinski definition) is 9. The summed E-state index contributed by atoms with van der Waals surface area (Å²) in [6.07, 6.45) is -4.68. The van der Waals surface area contributed by atoms with E-state index >= 15 is 4.39 Å². The van der Waals surface area contributed by atoms with Gasteiger partial charge in [0.05, 0.1) is 26.7 Å². The lowest BCUT2D eigenvalue weighted by atomic mass is 9.95. The Hall–Kier alpha value is -3.43. The molecule has 0 radical (unpaired) electrons. The van der Waals surface area contributed by atoms with Crippen molar-refractivity contribution in [3.05, 3.63) is 35.4 Å². The second kappa shape index (κ2) is 10.6. The van der Waals surface area contributed by atoms with Crippen molar-refractivity contribution >= 4 is 37.6 Å². The Morgan fingerprint density at radius 3 is 2.73 bits per heavy atom. The molecule has 3 fully saturated rings.